The average molecular weight is 576 g/mol. The Kier molecular flexibility index (Phi) is 12.5. The number of guanidine groups is 1. The highest BCUT2D eigenvalue weighted by Gasteiger charge is 2.11. The normalized spacial score (nSPS) is 10.9. The van der Waals surface area contributed by atoms with Crippen LogP contribution in [-0.4, -0.2) is 57.7 Å². The molecule has 2 aromatic rings. The van der Waals surface area contributed by atoms with Gasteiger partial charge in [-0.15, -0.1) is 24.0 Å². The van der Waals surface area contributed by atoms with Crippen molar-refractivity contribution in [1.82, 2.24) is 15.5 Å². The summed E-state index contributed by atoms with van der Waals surface area (Å²) in [6.45, 7) is 0.559. The largest absolute Gasteiger partial charge is 0.493 e. The molecule has 33 heavy (non-hydrogen) atoms. The van der Waals surface area contributed by atoms with E-state index in [1.165, 1.54) is 13.2 Å². The van der Waals surface area contributed by atoms with Crippen molar-refractivity contribution >= 4 is 35.8 Å². The lowest BCUT2D eigenvalue weighted by Crippen LogP contribution is -2.38. The smallest absolute Gasteiger partial charge is 0.387 e. The third-order valence-corrected chi connectivity index (χ3v) is 4.49. The highest BCUT2D eigenvalue weighted by Crippen LogP contribution is 2.29. The van der Waals surface area contributed by atoms with Crippen LogP contribution in [0.25, 0.3) is 0 Å². The van der Waals surface area contributed by atoms with Crippen LogP contribution in [0, 0.1) is 0 Å². The topological polar surface area (TPSA) is 75.2 Å². The summed E-state index contributed by atoms with van der Waals surface area (Å²) in [5, 5.41) is 6.40. The van der Waals surface area contributed by atoms with Crippen molar-refractivity contribution in [2.75, 3.05) is 34.3 Å². The van der Waals surface area contributed by atoms with Crippen molar-refractivity contribution in [1.29, 1.82) is 0 Å². The maximum atomic E-state index is 12.6. The van der Waals surface area contributed by atoms with Gasteiger partial charge in [-0.3, -0.25) is 4.79 Å². The third-order valence-electron chi connectivity index (χ3n) is 4.49. The highest BCUT2D eigenvalue weighted by molar-refractivity contribution is 14.0. The van der Waals surface area contributed by atoms with E-state index in [4.69, 9.17) is 4.74 Å². The Morgan fingerprint density at radius 1 is 1.09 bits per heavy atom. The molecule has 0 atom stereocenters. The van der Waals surface area contributed by atoms with Crippen LogP contribution in [-0.2, 0) is 13.0 Å². The Morgan fingerprint density at radius 3 is 2.48 bits per heavy atom. The molecule has 0 spiro atoms. The summed E-state index contributed by atoms with van der Waals surface area (Å²) in [7, 11) is 4.84. The molecule has 0 saturated heterocycles. The molecule has 0 aromatic heterocycles. The van der Waals surface area contributed by atoms with E-state index in [9.17, 15) is 13.6 Å². The van der Waals surface area contributed by atoms with Gasteiger partial charge in [-0.1, -0.05) is 18.2 Å². The summed E-state index contributed by atoms with van der Waals surface area (Å²) in [6.07, 6.45) is 0.702. The van der Waals surface area contributed by atoms with Crippen LogP contribution in [0.15, 0.2) is 47.5 Å². The second-order valence-electron chi connectivity index (χ2n) is 7.14. The van der Waals surface area contributed by atoms with Crippen LogP contribution >= 0.6 is 24.0 Å². The number of halogens is 3. The first-order valence-electron chi connectivity index (χ1n) is 10.3. The van der Waals surface area contributed by atoms with Crippen LogP contribution in [0.1, 0.15) is 28.4 Å². The van der Waals surface area contributed by atoms with Crippen LogP contribution in [0.4, 0.5) is 8.78 Å². The number of nitrogens with one attached hydrogen (secondary N) is 2. The Morgan fingerprint density at radius 2 is 1.85 bits per heavy atom. The van der Waals surface area contributed by atoms with Gasteiger partial charge in [0.05, 0.1) is 13.7 Å². The van der Waals surface area contributed by atoms with Crippen molar-refractivity contribution in [2.45, 2.75) is 26.5 Å². The highest BCUT2D eigenvalue weighted by atomic mass is 127. The molecule has 2 rings (SSSR count). The molecule has 2 aromatic carbocycles. The Hall–Kier alpha value is -2.63. The molecule has 7 nitrogen and oxygen atoms in total. The Labute approximate surface area is 210 Å². The van der Waals surface area contributed by atoms with Crippen molar-refractivity contribution in [3.8, 4) is 11.5 Å². The zero-order chi connectivity index (χ0) is 23.5. The SMILES string of the molecule is CCNC(=NCc1ccc(OC)c(OC(F)F)c1)NCCc1cccc(C(=O)N(C)C)c1.I. The number of hydrogen-bond acceptors (Lipinski definition) is 4. The first-order chi connectivity index (χ1) is 15.3. The van der Waals surface area contributed by atoms with Crippen molar-refractivity contribution in [3.63, 3.8) is 0 Å². The molecule has 0 aliphatic carbocycles. The fourth-order valence-corrected chi connectivity index (χ4v) is 2.96. The summed E-state index contributed by atoms with van der Waals surface area (Å²) in [5.74, 6) is 0.767. The quantitative estimate of drug-likeness (QED) is 0.255. The molecular weight excluding hydrogens is 545 g/mol. The summed E-state index contributed by atoms with van der Waals surface area (Å²) in [4.78, 5) is 18.2. The van der Waals surface area contributed by atoms with E-state index in [2.05, 4.69) is 20.4 Å². The molecule has 0 heterocycles. The number of benzene rings is 2. The minimum Gasteiger partial charge on any atom is -0.493 e. The zero-order valence-corrected chi connectivity index (χ0v) is 21.6. The molecule has 0 saturated carbocycles. The second kappa shape index (κ2) is 14.5. The fourth-order valence-electron chi connectivity index (χ4n) is 2.96. The number of carbonyl (C=O) groups excluding carboxylic acids is 1. The van der Waals surface area contributed by atoms with E-state index in [1.807, 2.05) is 25.1 Å². The van der Waals surface area contributed by atoms with Gasteiger partial charge in [-0.05, 0) is 48.7 Å². The summed E-state index contributed by atoms with van der Waals surface area (Å²) < 4.78 is 34.8. The van der Waals surface area contributed by atoms with Crippen molar-refractivity contribution in [3.05, 3.63) is 59.2 Å². The van der Waals surface area contributed by atoms with Gasteiger partial charge < -0.3 is 25.0 Å². The molecule has 0 fully saturated rings. The van der Waals surface area contributed by atoms with E-state index in [0.717, 1.165) is 5.56 Å². The molecule has 10 heteroatoms. The first kappa shape index (κ1) is 28.4. The number of carbonyl (C=O) groups is 1. The summed E-state index contributed by atoms with van der Waals surface area (Å²) >= 11 is 0. The number of methoxy groups -OCH3 is 1. The van der Waals surface area contributed by atoms with Gasteiger partial charge in [0.15, 0.2) is 17.5 Å². The van der Waals surface area contributed by atoms with E-state index in [0.29, 0.717) is 36.6 Å². The minimum absolute atomic E-state index is 0. The maximum absolute atomic E-state index is 12.6. The molecule has 0 radical (unpaired) electrons. The van der Waals surface area contributed by atoms with Gasteiger partial charge in [0.1, 0.15) is 0 Å². The number of aliphatic imine (C=N–C) groups is 1. The predicted octanol–water partition coefficient (Wildman–Crippen LogP) is 3.91. The lowest BCUT2D eigenvalue weighted by Gasteiger charge is -2.13. The fraction of sp³-hybridized carbons (Fsp3) is 0.391. The first-order valence-corrected chi connectivity index (χ1v) is 10.3. The summed E-state index contributed by atoms with van der Waals surface area (Å²) in [5.41, 5.74) is 2.38. The minimum atomic E-state index is -2.94. The lowest BCUT2D eigenvalue weighted by atomic mass is 10.1. The predicted molar refractivity (Wildman–Crippen MR) is 136 cm³/mol. The number of ether oxygens (including phenoxy) is 2. The molecule has 0 aliphatic rings. The number of nitrogens with zero attached hydrogens (tertiary/aromatic N) is 2. The van der Waals surface area contributed by atoms with Gasteiger partial charge in [0.25, 0.3) is 5.91 Å². The number of hydrogen-bond donors (Lipinski definition) is 2. The maximum Gasteiger partial charge on any atom is 0.387 e. The molecule has 0 aliphatic heterocycles. The number of amides is 1. The molecule has 0 unspecified atom stereocenters. The lowest BCUT2D eigenvalue weighted by molar-refractivity contribution is -0.0512. The van der Waals surface area contributed by atoms with E-state index < -0.39 is 6.61 Å². The van der Waals surface area contributed by atoms with Gasteiger partial charge in [-0.2, -0.15) is 8.78 Å². The van der Waals surface area contributed by atoms with Crippen LogP contribution in [0.5, 0.6) is 11.5 Å². The molecular formula is C23H31F2IN4O3. The standard InChI is InChI=1S/C23H30F2N4O3.HI/c1-5-26-23(27-12-11-16-7-6-8-18(13-16)21(30)29(2)3)28-15-17-9-10-19(31-4)20(14-17)32-22(24)25;/h6-10,13-14,22H,5,11-12,15H2,1-4H3,(H2,26,27,28);1H. The molecule has 1 amide bonds. The monoisotopic (exact) mass is 576 g/mol. The molecule has 182 valence electrons. The van der Waals surface area contributed by atoms with Gasteiger partial charge in [-0.25, -0.2) is 4.99 Å². The van der Waals surface area contributed by atoms with Crippen molar-refractivity contribution < 1.29 is 23.0 Å². The second-order valence-corrected chi connectivity index (χ2v) is 7.14. The van der Waals surface area contributed by atoms with Crippen LogP contribution < -0.4 is 20.1 Å². The molecule has 2 N–H and O–H groups in total. The van der Waals surface area contributed by atoms with Gasteiger partial charge in [0.2, 0.25) is 0 Å². The number of alkyl halides is 2. The van der Waals surface area contributed by atoms with E-state index >= 15 is 0 Å². The molecule has 0 bridgehead atoms. The van der Waals surface area contributed by atoms with Crippen molar-refractivity contribution in [2.24, 2.45) is 4.99 Å². The van der Waals surface area contributed by atoms with E-state index in [-0.39, 0.29) is 47.9 Å². The Bertz CT molecular complexity index is 926. The average Bonchev–Trinajstić information content (AvgIpc) is 2.76. The number of rotatable bonds is 10. The van der Waals surface area contributed by atoms with Crippen LogP contribution in [0.3, 0.4) is 0 Å². The zero-order valence-electron chi connectivity index (χ0n) is 19.2. The summed E-state index contributed by atoms with van der Waals surface area (Å²) in [6, 6.07) is 12.3. The third kappa shape index (κ3) is 9.40. The van der Waals surface area contributed by atoms with Gasteiger partial charge >= 0.3 is 6.61 Å². The van der Waals surface area contributed by atoms with Crippen LogP contribution in [0.2, 0.25) is 0 Å². The van der Waals surface area contributed by atoms with E-state index in [1.54, 1.807) is 37.2 Å². The van der Waals surface area contributed by atoms with Gasteiger partial charge in [0, 0.05) is 32.7 Å². The Balaban J connectivity index is 0.00000544.